The van der Waals surface area contributed by atoms with Crippen molar-refractivity contribution >= 4 is 32.3 Å². The molecule has 0 atom stereocenters. The van der Waals surface area contributed by atoms with E-state index >= 15 is 0 Å². The van der Waals surface area contributed by atoms with E-state index in [4.69, 9.17) is 4.98 Å². The number of fused-ring (bicyclic) bond motifs is 3. The van der Waals surface area contributed by atoms with Crippen molar-refractivity contribution in [3.8, 4) is 44.6 Å². The maximum absolute atomic E-state index is 4.75. The molecule has 8 aromatic rings. The molecule has 2 aromatic heterocycles. The maximum Gasteiger partial charge on any atom is 0.0717 e. The van der Waals surface area contributed by atoms with Gasteiger partial charge >= 0.3 is 0 Å². The van der Waals surface area contributed by atoms with Crippen LogP contribution in [0.25, 0.3) is 77.0 Å². The van der Waals surface area contributed by atoms with Crippen molar-refractivity contribution in [3.63, 3.8) is 0 Å². The molecule has 0 aliphatic carbocycles. The van der Waals surface area contributed by atoms with Gasteiger partial charge < -0.3 is 0 Å². The number of hydrogen-bond donors (Lipinski definition) is 0. The molecule has 2 heteroatoms. The Morgan fingerprint density at radius 3 is 1.65 bits per heavy atom. The van der Waals surface area contributed by atoms with Crippen LogP contribution in [0.3, 0.4) is 0 Å². The number of aryl methyl sites for hydroxylation is 2. The Labute approximate surface area is 270 Å². The molecule has 2 heterocycles. The van der Waals surface area contributed by atoms with Gasteiger partial charge in [-0.1, -0.05) is 123 Å². The van der Waals surface area contributed by atoms with Crippen molar-refractivity contribution in [3.05, 3.63) is 157 Å². The third kappa shape index (κ3) is 4.93. The SMILES string of the molecule is CCCc1cccc2ccc(-c3c4ccccc4c(-c4ccc(-c5ccc(-c6ccc(C)nc6)nc5)cc4)c4ccccc34)cc12. The zero-order valence-corrected chi connectivity index (χ0v) is 26.2. The summed E-state index contributed by atoms with van der Waals surface area (Å²) < 4.78 is 0. The zero-order valence-electron chi connectivity index (χ0n) is 26.2. The van der Waals surface area contributed by atoms with E-state index in [9.17, 15) is 0 Å². The first-order valence-electron chi connectivity index (χ1n) is 16.1. The molecular weight excluding hydrogens is 556 g/mol. The zero-order chi connectivity index (χ0) is 31.0. The van der Waals surface area contributed by atoms with E-state index in [0.29, 0.717) is 0 Å². The molecule has 0 amide bonds. The van der Waals surface area contributed by atoms with Gasteiger partial charge in [-0.2, -0.15) is 0 Å². The highest BCUT2D eigenvalue weighted by molar-refractivity contribution is 6.21. The lowest BCUT2D eigenvalue weighted by Crippen LogP contribution is -1.92. The van der Waals surface area contributed by atoms with E-state index < -0.39 is 0 Å². The summed E-state index contributed by atoms with van der Waals surface area (Å²) in [5, 5.41) is 7.74. The van der Waals surface area contributed by atoms with E-state index in [2.05, 4.69) is 139 Å². The minimum Gasteiger partial charge on any atom is -0.261 e. The van der Waals surface area contributed by atoms with Crippen molar-refractivity contribution in [2.75, 3.05) is 0 Å². The molecule has 0 saturated carbocycles. The Morgan fingerprint density at radius 2 is 1.04 bits per heavy atom. The fraction of sp³-hybridized carbons (Fsp3) is 0.0909. The fourth-order valence-corrected chi connectivity index (χ4v) is 6.91. The van der Waals surface area contributed by atoms with Gasteiger partial charge in [0.2, 0.25) is 0 Å². The Morgan fingerprint density at radius 1 is 0.457 bits per heavy atom. The fourth-order valence-electron chi connectivity index (χ4n) is 6.91. The van der Waals surface area contributed by atoms with Crippen LogP contribution in [0.5, 0.6) is 0 Å². The van der Waals surface area contributed by atoms with Crippen molar-refractivity contribution in [2.45, 2.75) is 26.7 Å². The average molecular weight is 591 g/mol. The Bertz CT molecular complexity index is 2290. The first-order valence-corrected chi connectivity index (χ1v) is 16.1. The summed E-state index contributed by atoms with van der Waals surface area (Å²) in [5.74, 6) is 0. The maximum atomic E-state index is 4.75. The van der Waals surface area contributed by atoms with Crippen LogP contribution >= 0.6 is 0 Å². The first kappa shape index (κ1) is 27.9. The first-order chi connectivity index (χ1) is 22.7. The molecule has 8 rings (SSSR count). The summed E-state index contributed by atoms with van der Waals surface area (Å²) in [4.78, 5) is 9.17. The molecular formula is C44H34N2. The lowest BCUT2D eigenvalue weighted by Gasteiger charge is -2.18. The smallest absolute Gasteiger partial charge is 0.0717 e. The van der Waals surface area contributed by atoms with Crippen molar-refractivity contribution in [1.29, 1.82) is 0 Å². The van der Waals surface area contributed by atoms with Gasteiger partial charge in [-0.05, 0) is 103 Å². The summed E-state index contributed by atoms with van der Waals surface area (Å²) >= 11 is 0. The molecule has 0 radical (unpaired) electrons. The normalized spacial score (nSPS) is 11.4. The van der Waals surface area contributed by atoms with Crippen LogP contribution in [-0.2, 0) is 6.42 Å². The molecule has 2 nitrogen and oxygen atoms in total. The Balaban J connectivity index is 1.24. The molecule has 0 fully saturated rings. The second kappa shape index (κ2) is 11.7. The quantitative estimate of drug-likeness (QED) is 0.180. The monoisotopic (exact) mass is 590 g/mol. The van der Waals surface area contributed by atoms with Crippen LogP contribution in [0.1, 0.15) is 24.6 Å². The average Bonchev–Trinajstić information content (AvgIpc) is 3.11. The third-order valence-corrected chi connectivity index (χ3v) is 9.19. The molecule has 0 saturated heterocycles. The predicted octanol–water partition coefficient (Wildman–Crippen LogP) is 11.9. The summed E-state index contributed by atoms with van der Waals surface area (Å²) in [7, 11) is 0. The van der Waals surface area contributed by atoms with E-state index in [1.54, 1.807) is 0 Å². The van der Waals surface area contributed by atoms with Crippen LogP contribution in [-0.4, -0.2) is 9.97 Å². The highest BCUT2D eigenvalue weighted by atomic mass is 14.7. The number of rotatable bonds is 6. The molecule has 0 spiro atoms. The van der Waals surface area contributed by atoms with Crippen LogP contribution in [0.4, 0.5) is 0 Å². The summed E-state index contributed by atoms with van der Waals surface area (Å²) in [6, 6.07) is 48.8. The van der Waals surface area contributed by atoms with Crippen LogP contribution in [0, 0.1) is 6.92 Å². The van der Waals surface area contributed by atoms with Gasteiger partial charge in [-0.15, -0.1) is 0 Å². The van der Waals surface area contributed by atoms with Crippen molar-refractivity contribution in [2.24, 2.45) is 0 Å². The van der Waals surface area contributed by atoms with Gasteiger partial charge in [0.1, 0.15) is 0 Å². The van der Waals surface area contributed by atoms with Crippen LogP contribution in [0.2, 0.25) is 0 Å². The molecule has 0 bridgehead atoms. The molecule has 0 N–H and O–H groups in total. The molecule has 0 aliphatic rings. The van der Waals surface area contributed by atoms with Gasteiger partial charge in [-0.3, -0.25) is 9.97 Å². The predicted molar refractivity (Wildman–Crippen MR) is 195 cm³/mol. The molecule has 6 aromatic carbocycles. The van der Waals surface area contributed by atoms with Gasteiger partial charge in [0, 0.05) is 29.2 Å². The van der Waals surface area contributed by atoms with E-state index in [-0.39, 0.29) is 0 Å². The van der Waals surface area contributed by atoms with Crippen molar-refractivity contribution < 1.29 is 0 Å². The Hall–Kier alpha value is -5.60. The highest BCUT2D eigenvalue weighted by Gasteiger charge is 2.17. The van der Waals surface area contributed by atoms with Gasteiger partial charge in [0.05, 0.1) is 5.69 Å². The van der Waals surface area contributed by atoms with E-state index in [0.717, 1.165) is 40.9 Å². The number of pyridine rings is 2. The third-order valence-electron chi connectivity index (χ3n) is 9.19. The second-order valence-electron chi connectivity index (χ2n) is 12.1. The van der Waals surface area contributed by atoms with Crippen LogP contribution in [0.15, 0.2) is 146 Å². The molecule has 0 unspecified atom stereocenters. The standard InChI is InChI=1S/C44H34N2/c1-3-9-31-10-8-11-32-20-23-34(26-41(31)32)44-39-14-6-4-12-37(39)43(38-13-5-7-15-40(38)44)33-21-18-30(19-22-33)35-24-25-42(46-27-35)36-17-16-29(2)45-28-36/h4-8,10-28H,3,9H2,1-2H3. The summed E-state index contributed by atoms with van der Waals surface area (Å²) in [6.45, 7) is 4.25. The second-order valence-corrected chi connectivity index (χ2v) is 12.1. The number of hydrogen-bond acceptors (Lipinski definition) is 2. The topological polar surface area (TPSA) is 25.8 Å². The van der Waals surface area contributed by atoms with E-state index in [1.165, 1.54) is 60.1 Å². The molecule has 46 heavy (non-hydrogen) atoms. The highest BCUT2D eigenvalue weighted by Crippen LogP contribution is 2.44. The van der Waals surface area contributed by atoms with Gasteiger partial charge in [0.25, 0.3) is 0 Å². The molecule has 0 aliphatic heterocycles. The summed E-state index contributed by atoms with van der Waals surface area (Å²) in [6.07, 6.45) is 6.06. The molecule has 220 valence electrons. The lowest BCUT2D eigenvalue weighted by atomic mass is 9.85. The van der Waals surface area contributed by atoms with Crippen molar-refractivity contribution in [1.82, 2.24) is 9.97 Å². The van der Waals surface area contributed by atoms with Gasteiger partial charge in [0.15, 0.2) is 0 Å². The summed E-state index contributed by atoms with van der Waals surface area (Å²) in [5.41, 5.74) is 11.7. The number of benzene rings is 6. The Kier molecular flexibility index (Phi) is 7.11. The largest absolute Gasteiger partial charge is 0.261 e. The minimum absolute atomic E-state index is 0.930. The van der Waals surface area contributed by atoms with Crippen LogP contribution < -0.4 is 0 Å². The number of aromatic nitrogens is 2. The van der Waals surface area contributed by atoms with Gasteiger partial charge in [-0.25, -0.2) is 0 Å². The number of nitrogens with zero attached hydrogens (tertiary/aromatic N) is 2. The van der Waals surface area contributed by atoms with E-state index in [1.807, 2.05) is 25.4 Å². The minimum atomic E-state index is 0.930. The lowest BCUT2D eigenvalue weighted by molar-refractivity contribution is 0.930.